The van der Waals surface area contributed by atoms with Crippen LogP contribution >= 0.6 is 23.1 Å². The molecule has 8 heteroatoms. The van der Waals surface area contributed by atoms with Gasteiger partial charge in [-0.3, -0.25) is 9.59 Å². The quantitative estimate of drug-likeness (QED) is 0.634. The fourth-order valence-electron chi connectivity index (χ4n) is 3.39. The van der Waals surface area contributed by atoms with E-state index >= 15 is 0 Å². The van der Waals surface area contributed by atoms with Crippen LogP contribution in [0.3, 0.4) is 0 Å². The number of thiophene rings is 1. The second kappa shape index (κ2) is 6.65. The lowest BCUT2D eigenvalue weighted by Crippen LogP contribution is -2.17. The van der Waals surface area contributed by atoms with Crippen molar-refractivity contribution in [1.29, 1.82) is 5.26 Å². The maximum Gasteiger partial charge on any atom is 0.254 e. The zero-order valence-corrected chi connectivity index (χ0v) is 15.1. The minimum atomic E-state index is -0.190. The molecule has 0 saturated carbocycles. The molecule has 128 valence electrons. The number of nitrogens with zero attached hydrogens (tertiary/aromatic N) is 2. The highest BCUT2D eigenvalue weighted by atomic mass is 32.2. The SMILES string of the molecule is N#Cc1c(NC(=O)CSc2nc3c(c(=O)[nH]2)CCC3)sc2c1CCC2. The Morgan fingerprint density at radius 3 is 2.92 bits per heavy atom. The molecule has 6 nitrogen and oxygen atoms in total. The first-order chi connectivity index (χ1) is 12.2. The Bertz CT molecular complexity index is 955. The van der Waals surface area contributed by atoms with Crippen LogP contribution in [-0.4, -0.2) is 21.6 Å². The number of thioether (sulfide) groups is 1. The van der Waals surface area contributed by atoms with Crippen LogP contribution in [0.2, 0.25) is 0 Å². The van der Waals surface area contributed by atoms with Crippen LogP contribution in [0.1, 0.15) is 40.1 Å². The molecule has 0 fully saturated rings. The lowest BCUT2D eigenvalue weighted by Gasteiger charge is -2.05. The highest BCUT2D eigenvalue weighted by molar-refractivity contribution is 7.99. The molecule has 2 aromatic heterocycles. The first kappa shape index (κ1) is 16.4. The Labute approximate surface area is 152 Å². The molecular formula is C17H16N4O2S2. The molecule has 0 aliphatic heterocycles. The number of aryl methyl sites for hydroxylation is 2. The molecule has 0 spiro atoms. The van der Waals surface area contributed by atoms with Crippen LogP contribution in [0, 0.1) is 11.3 Å². The van der Waals surface area contributed by atoms with Gasteiger partial charge in [0.15, 0.2) is 5.16 Å². The number of carbonyl (C=O) groups excluding carboxylic acids is 1. The Balaban J connectivity index is 1.43. The predicted octanol–water partition coefficient (Wildman–Crippen LogP) is 2.41. The van der Waals surface area contributed by atoms with Crippen molar-refractivity contribution in [1.82, 2.24) is 9.97 Å². The van der Waals surface area contributed by atoms with Gasteiger partial charge in [0, 0.05) is 10.4 Å². The zero-order chi connectivity index (χ0) is 17.4. The predicted molar refractivity (Wildman–Crippen MR) is 97.3 cm³/mol. The van der Waals surface area contributed by atoms with Gasteiger partial charge in [-0.15, -0.1) is 11.3 Å². The summed E-state index contributed by atoms with van der Waals surface area (Å²) in [6, 6.07) is 2.22. The molecule has 2 heterocycles. The molecule has 25 heavy (non-hydrogen) atoms. The van der Waals surface area contributed by atoms with Crippen molar-refractivity contribution in [2.45, 2.75) is 43.7 Å². The van der Waals surface area contributed by atoms with Crippen molar-refractivity contribution in [2.24, 2.45) is 0 Å². The summed E-state index contributed by atoms with van der Waals surface area (Å²) < 4.78 is 0. The number of aromatic amines is 1. The summed E-state index contributed by atoms with van der Waals surface area (Å²) >= 11 is 2.72. The molecule has 0 aromatic carbocycles. The number of rotatable bonds is 4. The first-order valence-corrected chi connectivity index (χ1v) is 10.0. The van der Waals surface area contributed by atoms with E-state index in [1.54, 1.807) is 0 Å². The fraction of sp³-hybridized carbons (Fsp3) is 0.412. The molecule has 0 saturated heterocycles. The van der Waals surface area contributed by atoms with E-state index in [1.165, 1.54) is 28.0 Å². The van der Waals surface area contributed by atoms with E-state index in [0.29, 0.717) is 15.7 Å². The van der Waals surface area contributed by atoms with Gasteiger partial charge in [0.05, 0.1) is 17.0 Å². The highest BCUT2D eigenvalue weighted by Gasteiger charge is 2.23. The molecular weight excluding hydrogens is 356 g/mol. The summed E-state index contributed by atoms with van der Waals surface area (Å²) in [6.07, 6.45) is 5.55. The van der Waals surface area contributed by atoms with E-state index in [4.69, 9.17) is 0 Å². The Morgan fingerprint density at radius 2 is 2.08 bits per heavy atom. The first-order valence-electron chi connectivity index (χ1n) is 8.25. The highest BCUT2D eigenvalue weighted by Crippen LogP contribution is 2.38. The lowest BCUT2D eigenvalue weighted by molar-refractivity contribution is -0.113. The van der Waals surface area contributed by atoms with Gasteiger partial charge in [-0.1, -0.05) is 11.8 Å². The lowest BCUT2D eigenvalue weighted by atomic mass is 10.1. The number of hydrogen-bond acceptors (Lipinski definition) is 6. The van der Waals surface area contributed by atoms with Crippen molar-refractivity contribution >= 4 is 34.0 Å². The number of amides is 1. The number of carbonyl (C=O) groups is 1. The molecule has 0 atom stereocenters. The van der Waals surface area contributed by atoms with Crippen molar-refractivity contribution in [3.63, 3.8) is 0 Å². The van der Waals surface area contributed by atoms with Crippen LogP contribution in [0.4, 0.5) is 5.00 Å². The second-order valence-corrected chi connectivity index (χ2v) is 8.23. The number of H-pyrrole nitrogens is 1. The maximum atomic E-state index is 12.2. The summed E-state index contributed by atoms with van der Waals surface area (Å²) in [5.74, 6) is -0.0422. The van der Waals surface area contributed by atoms with E-state index in [-0.39, 0.29) is 17.2 Å². The number of aromatic nitrogens is 2. The average Bonchev–Trinajstić information content (AvgIpc) is 3.28. The normalized spacial score (nSPS) is 14.8. The van der Waals surface area contributed by atoms with Crippen molar-refractivity contribution in [2.75, 3.05) is 11.1 Å². The van der Waals surface area contributed by atoms with Crippen molar-refractivity contribution in [3.8, 4) is 6.07 Å². The minimum absolute atomic E-state index is 0.0909. The van der Waals surface area contributed by atoms with E-state index < -0.39 is 0 Å². The largest absolute Gasteiger partial charge is 0.316 e. The molecule has 0 bridgehead atoms. The summed E-state index contributed by atoms with van der Waals surface area (Å²) in [4.78, 5) is 32.6. The van der Waals surface area contributed by atoms with Crippen LogP contribution in [-0.2, 0) is 30.5 Å². The molecule has 4 rings (SSSR count). The third-order valence-corrected chi connectivity index (χ3v) is 6.63. The standard InChI is InChI=1S/C17H16N4O2S2/c18-7-11-9-3-2-6-13(9)25-16(11)20-14(22)8-24-17-19-12-5-1-4-10(12)15(23)21-17/h1-6,8H2,(H,20,22)(H,19,21,23). The minimum Gasteiger partial charge on any atom is -0.316 e. The van der Waals surface area contributed by atoms with Gasteiger partial charge in [0.25, 0.3) is 5.56 Å². The Hall–Kier alpha value is -2.11. The topological polar surface area (TPSA) is 98.6 Å². The van der Waals surface area contributed by atoms with E-state index in [2.05, 4.69) is 21.4 Å². The third-order valence-electron chi connectivity index (χ3n) is 4.55. The number of nitriles is 1. The van der Waals surface area contributed by atoms with Gasteiger partial charge in [0.2, 0.25) is 5.91 Å². The monoisotopic (exact) mass is 372 g/mol. The Morgan fingerprint density at radius 1 is 1.28 bits per heavy atom. The number of nitrogens with one attached hydrogen (secondary N) is 2. The molecule has 1 amide bonds. The second-order valence-electron chi connectivity index (χ2n) is 6.16. The molecule has 2 aliphatic rings. The molecule has 2 aliphatic carbocycles. The summed E-state index contributed by atoms with van der Waals surface area (Å²) in [6.45, 7) is 0. The molecule has 2 aromatic rings. The number of fused-ring (bicyclic) bond motifs is 2. The van der Waals surface area contributed by atoms with Gasteiger partial charge in [-0.25, -0.2) is 4.98 Å². The smallest absolute Gasteiger partial charge is 0.254 e. The van der Waals surface area contributed by atoms with Gasteiger partial charge in [0.1, 0.15) is 11.1 Å². The van der Waals surface area contributed by atoms with E-state index in [9.17, 15) is 14.9 Å². The summed E-state index contributed by atoms with van der Waals surface area (Å²) in [7, 11) is 0. The van der Waals surface area contributed by atoms with Gasteiger partial charge in [-0.05, 0) is 44.1 Å². The molecule has 0 radical (unpaired) electrons. The number of anilines is 1. The third kappa shape index (κ3) is 3.10. The van der Waals surface area contributed by atoms with Crippen LogP contribution in [0.25, 0.3) is 0 Å². The van der Waals surface area contributed by atoms with Crippen LogP contribution < -0.4 is 10.9 Å². The maximum absolute atomic E-state index is 12.2. The summed E-state index contributed by atoms with van der Waals surface area (Å²) in [5, 5.41) is 13.3. The van der Waals surface area contributed by atoms with Gasteiger partial charge in [-0.2, -0.15) is 5.26 Å². The van der Waals surface area contributed by atoms with Crippen LogP contribution in [0.15, 0.2) is 9.95 Å². The van der Waals surface area contributed by atoms with Gasteiger partial charge < -0.3 is 10.3 Å². The Kier molecular flexibility index (Phi) is 4.36. The molecule has 0 unspecified atom stereocenters. The summed E-state index contributed by atoms with van der Waals surface area (Å²) in [5.41, 5.74) is 3.25. The van der Waals surface area contributed by atoms with Gasteiger partial charge >= 0.3 is 0 Å². The van der Waals surface area contributed by atoms with Crippen LogP contribution in [0.5, 0.6) is 0 Å². The number of hydrogen-bond donors (Lipinski definition) is 2. The fourth-order valence-corrected chi connectivity index (χ4v) is 5.33. The zero-order valence-electron chi connectivity index (χ0n) is 13.5. The van der Waals surface area contributed by atoms with E-state index in [0.717, 1.165) is 55.3 Å². The molecule has 2 N–H and O–H groups in total. The van der Waals surface area contributed by atoms with Crippen molar-refractivity contribution in [3.05, 3.63) is 37.6 Å². The van der Waals surface area contributed by atoms with Crippen molar-refractivity contribution < 1.29 is 4.79 Å². The van der Waals surface area contributed by atoms with E-state index in [1.807, 2.05) is 0 Å². The average molecular weight is 372 g/mol.